The van der Waals surface area contributed by atoms with Crippen LogP contribution in [-0.2, 0) is 9.59 Å². The number of alkyl halides is 1. The summed E-state index contributed by atoms with van der Waals surface area (Å²) in [4.78, 5) is 22.7. The number of carbonyl (C=O) groups is 2. The third-order valence-electron chi connectivity index (χ3n) is 2.58. The highest BCUT2D eigenvalue weighted by molar-refractivity contribution is 6.17. The van der Waals surface area contributed by atoms with Gasteiger partial charge in [-0.05, 0) is 25.0 Å². The Hall–Kier alpha value is -1.75. The maximum Gasteiger partial charge on any atom is 0.224 e. The van der Waals surface area contributed by atoms with Crippen LogP contribution in [0.2, 0.25) is 0 Å². The molecule has 1 aromatic rings. The molecule has 0 fully saturated rings. The highest BCUT2D eigenvalue weighted by Gasteiger charge is 2.08. The second kappa shape index (κ2) is 8.43. The maximum atomic E-state index is 11.7. The van der Waals surface area contributed by atoms with Crippen molar-refractivity contribution in [3.8, 4) is 5.75 Å². The van der Waals surface area contributed by atoms with Gasteiger partial charge in [-0.25, -0.2) is 0 Å². The fourth-order valence-electron chi connectivity index (χ4n) is 1.67. The van der Waals surface area contributed by atoms with Crippen molar-refractivity contribution >= 4 is 34.8 Å². The highest BCUT2D eigenvalue weighted by Crippen LogP contribution is 2.28. The van der Waals surface area contributed by atoms with Crippen LogP contribution in [-0.4, -0.2) is 24.8 Å². The zero-order valence-electron chi connectivity index (χ0n) is 11.7. The SMILES string of the molecule is COc1cc(NC(=O)CCCCCl)ccc1NC(C)=O. The molecule has 5 nitrogen and oxygen atoms in total. The largest absolute Gasteiger partial charge is 0.494 e. The fourth-order valence-corrected chi connectivity index (χ4v) is 1.85. The molecule has 2 N–H and O–H groups in total. The highest BCUT2D eigenvalue weighted by atomic mass is 35.5. The van der Waals surface area contributed by atoms with Crippen LogP contribution in [0.15, 0.2) is 18.2 Å². The van der Waals surface area contributed by atoms with Crippen molar-refractivity contribution in [3.05, 3.63) is 18.2 Å². The summed E-state index contributed by atoms with van der Waals surface area (Å²) in [5, 5.41) is 5.44. The summed E-state index contributed by atoms with van der Waals surface area (Å²) in [5.41, 5.74) is 1.20. The van der Waals surface area contributed by atoms with Gasteiger partial charge in [0.1, 0.15) is 5.75 Å². The third-order valence-corrected chi connectivity index (χ3v) is 2.85. The molecule has 0 aliphatic carbocycles. The lowest BCUT2D eigenvalue weighted by Gasteiger charge is -2.11. The van der Waals surface area contributed by atoms with Crippen LogP contribution in [0.25, 0.3) is 0 Å². The van der Waals surface area contributed by atoms with E-state index in [4.69, 9.17) is 16.3 Å². The molecule has 2 amide bonds. The van der Waals surface area contributed by atoms with Crippen LogP contribution in [0.1, 0.15) is 26.2 Å². The predicted octanol–water partition coefficient (Wildman–Crippen LogP) is 3.00. The van der Waals surface area contributed by atoms with Crippen molar-refractivity contribution in [1.29, 1.82) is 0 Å². The molecule has 0 unspecified atom stereocenters. The van der Waals surface area contributed by atoms with Gasteiger partial charge in [0.25, 0.3) is 0 Å². The zero-order valence-corrected chi connectivity index (χ0v) is 12.4. The molecule has 0 spiro atoms. The predicted molar refractivity (Wildman–Crippen MR) is 80.5 cm³/mol. The minimum atomic E-state index is -0.179. The second-order valence-electron chi connectivity index (χ2n) is 4.29. The molecule has 110 valence electrons. The maximum absolute atomic E-state index is 11.7. The molecule has 0 atom stereocenters. The number of carbonyl (C=O) groups excluding carboxylic acids is 2. The first-order valence-corrected chi connectivity index (χ1v) is 6.91. The monoisotopic (exact) mass is 298 g/mol. The van der Waals surface area contributed by atoms with Gasteiger partial charge in [-0.2, -0.15) is 0 Å². The van der Waals surface area contributed by atoms with E-state index in [1.54, 1.807) is 18.2 Å². The molecule has 1 aromatic carbocycles. The normalized spacial score (nSPS) is 9.95. The van der Waals surface area contributed by atoms with Crippen molar-refractivity contribution in [2.45, 2.75) is 26.2 Å². The lowest BCUT2D eigenvalue weighted by atomic mass is 10.2. The first-order chi connectivity index (χ1) is 9.56. The molecule has 0 aliphatic heterocycles. The number of hydrogen-bond acceptors (Lipinski definition) is 3. The van der Waals surface area contributed by atoms with Crippen molar-refractivity contribution in [1.82, 2.24) is 0 Å². The Kier molecular flexibility index (Phi) is 6.87. The fraction of sp³-hybridized carbons (Fsp3) is 0.429. The number of halogens is 1. The molecule has 0 saturated heterocycles. The molecule has 0 saturated carbocycles. The Morgan fingerprint density at radius 2 is 2.00 bits per heavy atom. The van der Waals surface area contributed by atoms with Crippen molar-refractivity contribution in [3.63, 3.8) is 0 Å². The first-order valence-electron chi connectivity index (χ1n) is 6.38. The molecular weight excluding hydrogens is 280 g/mol. The van der Waals surface area contributed by atoms with Gasteiger partial charge in [-0.15, -0.1) is 11.6 Å². The average Bonchev–Trinajstić information content (AvgIpc) is 2.40. The van der Waals surface area contributed by atoms with Gasteiger partial charge in [-0.3, -0.25) is 9.59 Å². The first kappa shape index (κ1) is 16.3. The molecule has 0 bridgehead atoms. The summed E-state index contributed by atoms with van der Waals surface area (Å²) < 4.78 is 5.18. The van der Waals surface area contributed by atoms with Crippen molar-refractivity contribution in [2.75, 3.05) is 23.6 Å². The van der Waals surface area contributed by atoms with Crippen LogP contribution >= 0.6 is 11.6 Å². The van der Waals surface area contributed by atoms with Crippen LogP contribution in [0.5, 0.6) is 5.75 Å². The average molecular weight is 299 g/mol. The number of ether oxygens (including phenoxy) is 1. The summed E-state index contributed by atoms with van der Waals surface area (Å²) in [7, 11) is 1.51. The van der Waals surface area contributed by atoms with Gasteiger partial charge in [0.05, 0.1) is 12.8 Å². The summed E-state index contributed by atoms with van der Waals surface area (Å²) in [6, 6.07) is 5.08. The van der Waals surface area contributed by atoms with Gasteiger partial charge in [-0.1, -0.05) is 0 Å². The van der Waals surface area contributed by atoms with Gasteiger partial charge in [0, 0.05) is 31.0 Å². The number of hydrogen-bond donors (Lipinski definition) is 2. The van der Waals surface area contributed by atoms with E-state index in [0.717, 1.165) is 12.8 Å². The minimum Gasteiger partial charge on any atom is -0.494 e. The van der Waals surface area contributed by atoms with Crippen molar-refractivity contribution in [2.24, 2.45) is 0 Å². The third kappa shape index (κ3) is 5.48. The lowest BCUT2D eigenvalue weighted by Crippen LogP contribution is -2.12. The van der Waals surface area contributed by atoms with Gasteiger partial charge >= 0.3 is 0 Å². The van der Waals surface area contributed by atoms with E-state index >= 15 is 0 Å². The molecule has 0 aliphatic rings. The Morgan fingerprint density at radius 1 is 1.25 bits per heavy atom. The van der Waals surface area contributed by atoms with E-state index in [1.807, 2.05) is 0 Å². The number of rotatable bonds is 7. The molecule has 0 heterocycles. The second-order valence-corrected chi connectivity index (χ2v) is 4.67. The van der Waals surface area contributed by atoms with Crippen LogP contribution < -0.4 is 15.4 Å². The summed E-state index contributed by atoms with van der Waals surface area (Å²) >= 11 is 5.56. The summed E-state index contributed by atoms with van der Waals surface area (Å²) in [6.07, 6.45) is 2.01. The zero-order chi connectivity index (χ0) is 15.0. The van der Waals surface area contributed by atoms with E-state index < -0.39 is 0 Å². The Bertz CT molecular complexity index is 477. The number of methoxy groups -OCH3 is 1. The number of amides is 2. The summed E-state index contributed by atoms with van der Waals surface area (Å²) in [6.45, 7) is 1.42. The summed E-state index contributed by atoms with van der Waals surface area (Å²) in [5.74, 6) is 0.816. The number of anilines is 2. The molecule has 20 heavy (non-hydrogen) atoms. The van der Waals surface area contributed by atoms with Crippen LogP contribution in [0, 0.1) is 0 Å². The topological polar surface area (TPSA) is 67.4 Å². The molecule has 0 aromatic heterocycles. The standard InChI is InChI=1S/C14H19ClN2O3/c1-10(18)16-12-7-6-11(9-13(12)20-2)17-14(19)5-3-4-8-15/h6-7,9H,3-5,8H2,1-2H3,(H,16,18)(H,17,19). The Balaban J connectivity index is 2.67. The van der Waals surface area contributed by atoms with Crippen molar-refractivity contribution < 1.29 is 14.3 Å². The molecule has 1 rings (SSSR count). The molecule has 6 heteroatoms. The molecule has 0 radical (unpaired) electrons. The molecular formula is C14H19ClN2O3. The Morgan fingerprint density at radius 3 is 2.60 bits per heavy atom. The van der Waals surface area contributed by atoms with Gasteiger partial charge in [0.2, 0.25) is 11.8 Å². The number of nitrogens with one attached hydrogen (secondary N) is 2. The number of unbranched alkanes of at least 4 members (excludes halogenated alkanes) is 1. The van der Waals surface area contributed by atoms with E-state index in [1.165, 1.54) is 14.0 Å². The van der Waals surface area contributed by atoms with Gasteiger partial charge in [0.15, 0.2) is 0 Å². The van der Waals surface area contributed by atoms with E-state index in [0.29, 0.717) is 29.4 Å². The van der Waals surface area contributed by atoms with E-state index in [2.05, 4.69) is 10.6 Å². The van der Waals surface area contributed by atoms with E-state index in [-0.39, 0.29) is 11.8 Å². The smallest absolute Gasteiger partial charge is 0.224 e. The van der Waals surface area contributed by atoms with Crippen LogP contribution in [0.4, 0.5) is 11.4 Å². The van der Waals surface area contributed by atoms with E-state index in [9.17, 15) is 9.59 Å². The number of benzene rings is 1. The quantitative estimate of drug-likeness (QED) is 0.600. The minimum absolute atomic E-state index is 0.0653. The van der Waals surface area contributed by atoms with Crippen LogP contribution in [0.3, 0.4) is 0 Å². The Labute approximate surface area is 123 Å². The lowest BCUT2D eigenvalue weighted by molar-refractivity contribution is -0.116. The van der Waals surface area contributed by atoms with Gasteiger partial charge < -0.3 is 15.4 Å².